The number of hydrogen-bond acceptors (Lipinski definition) is 3. The van der Waals surface area contributed by atoms with E-state index < -0.39 is 0 Å². The fourth-order valence-corrected chi connectivity index (χ4v) is 3.16. The normalized spacial score (nSPS) is 15.2. The summed E-state index contributed by atoms with van der Waals surface area (Å²) in [5.74, 6) is 0.682. The van der Waals surface area contributed by atoms with Gasteiger partial charge in [0, 0.05) is 28.2 Å². The number of hydrogen-bond donors (Lipinski definition) is 0. The second-order valence-electron chi connectivity index (χ2n) is 4.61. The van der Waals surface area contributed by atoms with E-state index in [0.29, 0.717) is 5.92 Å². The third-order valence-corrected chi connectivity index (χ3v) is 4.14. The molecule has 2 heterocycles. The third kappa shape index (κ3) is 1.72. The van der Waals surface area contributed by atoms with E-state index in [2.05, 4.69) is 14.9 Å². The van der Waals surface area contributed by atoms with Crippen molar-refractivity contribution in [2.75, 3.05) is 0 Å². The molecule has 0 amide bonds. The molecule has 0 bridgehead atoms. The first-order valence-corrected chi connectivity index (χ1v) is 6.68. The summed E-state index contributed by atoms with van der Waals surface area (Å²) in [5.41, 5.74) is 4.02. The van der Waals surface area contributed by atoms with Gasteiger partial charge in [0.25, 0.3) is 0 Å². The predicted octanol–water partition coefficient (Wildman–Crippen LogP) is 3.24. The van der Waals surface area contributed by atoms with Crippen LogP contribution in [0.25, 0.3) is 5.13 Å². The Morgan fingerprint density at radius 3 is 2.82 bits per heavy atom. The van der Waals surface area contributed by atoms with Crippen LogP contribution in [0, 0.1) is 13.8 Å². The molecule has 0 aromatic carbocycles. The fraction of sp³-hybridized carbons (Fsp3) is 0.385. The van der Waals surface area contributed by atoms with E-state index in [1.54, 1.807) is 11.3 Å². The summed E-state index contributed by atoms with van der Waals surface area (Å²) < 4.78 is 2.07. The largest absolute Gasteiger partial charge is 0.298 e. The molecule has 1 aliphatic rings. The van der Waals surface area contributed by atoms with Crippen LogP contribution in [0.3, 0.4) is 0 Å². The van der Waals surface area contributed by atoms with E-state index in [9.17, 15) is 4.79 Å². The Kier molecular flexibility index (Phi) is 2.40. The number of aldehydes is 1. The van der Waals surface area contributed by atoms with Gasteiger partial charge in [0.2, 0.25) is 0 Å². The summed E-state index contributed by atoms with van der Waals surface area (Å²) in [6, 6.07) is 1.92. The molecule has 0 saturated heterocycles. The Morgan fingerprint density at radius 1 is 1.47 bits per heavy atom. The van der Waals surface area contributed by atoms with Gasteiger partial charge < -0.3 is 0 Å². The van der Waals surface area contributed by atoms with Crippen molar-refractivity contribution < 1.29 is 4.79 Å². The summed E-state index contributed by atoms with van der Waals surface area (Å²) in [4.78, 5) is 15.6. The minimum absolute atomic E-state index is 0.682. The summed E-state index contributed by atoms with van der Waals surface area (Å²) in [6.45, 7) is 3.98. The van der Waals surface area contributed by atoms with E-state index in [1.807, 2.05) is 19.9 Å². The lowest BCUT2D eigenvalue weighted by Gasteiger charge is -2.04. The van der Waals surface area contributed by atoms with Crippen LogP contribution < -0.4 is 0 Å². The number of carbonyl (C=O) groups excluding carboxylic acids is 1. The van der Waals surface area contributed by atoms with E-state index >= 15 is 0 Å². The number of rotatable bonds is 3. The minimum atomic E-state index is 0.682. The van der Waals surface area contributed by atoms with Gasteiger partial charge in [-0.2, -0.15) is 0 Å². The van der Waals surface area contributed by atoms with Crippen molar-refractivity contribution in [3.8, 4) is 5.13 Å². The van der Waals surface area contributed by atoms with E-state index in [1.165, 1.54) is 18.5 Å². The van der Waals surface area contributed by atoms with Crippen molar-refractivity contribution in [1.82, 2.24) is 9.55 Å². The zero-order valence-corrected chi connectivity index (χ0v) is 10.8. The van der Waals surface area contributed by atoms with Crippen molar-refractivity contribution in [3.05, 3.63) is 34.1 Å². The van der Waals surface area contributed by atoms with Crippen LogP contribution in [0.1, 0.15) is 46.2 Å². The molecule has 17 heavy (non-hydrogen) atoms. The highest BCUT2D eigenvalue weighted by atomic mass is 32.1. The van der Waals surface area contributed by atoms with Crippen LogP contribution in [-0.2, 0) is 0 Å². The van der Waals surface area contributed by atoms with E-state index in [0.717, 1.165) is 28.4 Å². The van der Waals surface area contributed by atoms with Crippen molar-refractivity contribution in [2.24, 2.45) is 0 Å². The highest BCUT2D eigenvalue weighted by Gasteiger charge is 2.26. The number of thiazole rings is 1. The molecule has 1 saturated carbocycles. The van der Waals surface area contributed by atoms with Crippen LogP contribution >= 0.6 is 11.3 Å². The van der Waals surface area contributed by atoms with Crippen molar-refractivity contribution in [3.63, 3.8) is 0 Å². The van der Waals surface area contributed by atoms with Crippen LogP contribution in [0.15, 0.2) is 11.4 Å². The molecule has 1 aliphatic carbocycles. The lowest BCUT2D eigenvalue weighted by atomic mass is 10.3. The first kappa shape index (κ1) is 10.7. The van der Waals surface area contributed by atoms with Crippen LogP contribution in [-0.4, -0.2) is 15.8 Å². The minimum Gasteiger partial charge on any atom is -0.298 e. The van der Waals surface area contributed by atoms with E-state index in [-0.39, 0.29) is 0 Å². The van der Waals surface area contributed by atoms with Gasteiger partial charge in [-0.1, -0.05) is 0 Å². The third-order valence-electron chi connectivity index (χ3n) is 3.29. The van der Waals surface area contributed by atoms with E-state index in [4.69, 9.17) is 0 Å². The molecule has 0 aliphatic heterocycles. The van der Waals surface area contributed by atoms with Gasteiger partial charge in [-0.25, -0.2) is 4.98 Å². The second-order valence-corrected chi connectivity index (χ2v) is 5.45. The maximum absolute atomic E-state index is 10.9. The Labute approximate surface area is 104 Å². The molecule has 88 valence electrons. The summed E-state index contributed by atoms with van der Waals surface area (Å²) in [5, 5.41) is 3.13. The van der Waals surface area contributed by atoms with Gasteiger partial charge in [0.15, 0.2) is 11.4 Å². The Morgan fingerprint density at radius 2 is 2.24 bits per heavy atom. The first-order valence-electron chi connectivity index (χ1n) is 5.80. The molecule has 2 aromatic rings. The van der Waals surface area contributed by atoms with Crippen LogP contribution in [0.4, 0.5) is 0 Å². The topological polar surface area (TPSA) is 34.9 Å². The summed E-state index contributed by atoms with van der Waals surface area (Å²) in [6.07, 6.45) is 3.45. The highest BCUT2D eigenvalue weighted by Crippen LogP contribution is 2.40. The molecule has 4 heteroatoms. The Bertz CT molecular complexity index is 578. The molecule has 2 aromatic heterocycles. The van der Waals surface area contributed by atoms with Gasteiger partial charge in [-0.3, -0.25) is 9.36 Å². The monoisotopic (exact) mass is 246 g/mol. The molecule has 3 rings (SSSR count). The van der Waals surface area contributed by atoms with Gasteiger partial charge in [-0.15, -0.1) is 11.3 Å². The summed E-state index contributed by atoms with van der Waals surface area (Å²) >= 11 is 1.66. The highest BCUT2D eigenvalue weighted by molar-refractivity contribution is 7.12. The Hall–Kier alpha value is -1.42. The lowest BCUT2D eigenvalue weighted by Crippen LogP contribution is -1.99. The molecule has 0 unspecified atom stereocenters. The van der Waals surface area contributed by atoms with Crippen LogP contribution in [0.2, 0.25) is 0 Å². The molecule has 0 atom stereocenters. The second kappa shape index (κ2) is 3.81. The molecular formula is C13H14N2OS. The number of nitrogens with zero attached hydrogens (tertiary/aromatic N) is 2. The number of aromatic nitrogens is 2. The maximum Gasteiger partial charge on any atom is 0.194 e. The maximum atomic E-state index is 10.9. The smallest absolute Gasteiger partial charge is 0.194 e. The van der Waals surface area contributed by atoms with Gasteiger partial charge in [0.1, 0.15) is 0 Å². The number of carbonyl (C=O) groups is 1. The van der Waals surface area contributed by atoms with Gasteiger partial charge in [0.05, 0.1) is 5.69 Å². The van der Waals surface area contributed by atoms with Crippen LogP contribution in [0.5, 0.6) is 0 Å². The molecule has 1 fully saturated rings. The first-order chi connectivity index (χ1) is 8.20. The standard InChI is InChI=1S/C13H14N2OS/c1-8-5-11(6-16)9(2)15(8)13-14-12(7-17-13)10-3-4-10/h5-7,10H,3-4H2,1-2H3. The Balaban J connectivity index is 2.07. The van der Waals surface area contributed by atoms with Gasteiger partial charge in [-0.05, 0) is 32.8 Å². The zero-order valence-electron chi connectivity index (χ0n) is 9.93. The quantitative estimate of drug-likeness (QED) is 0.779. The SMILES string of the molecule is Cc1cc(C=O)c(C)n1-c1nc(C2CC2)cs1. The molecule has 0 N–H and O–H groups in total. The molecule has 3 nitrogen and oxygen atoms in total. The van der Waals surface area contributed by atoms with Gasteiger partial charge >= 0.3 is 0 Å². The lowest BCUT2D eigenvalue weighted by molar-refractivity contribution is 0.112. The number of aryl methyl sites for hydroxylation is 1. The summed E-state index contributed by atoms with van der Waals surface area (Å²) in [7, 11) is 0. The predicted molar refractivity (Wildman–Crippen MR) is 68.3 cm³/mol. The van der Waals surface area contributed by atoms with Crippen molar-refractivity contribution >= 4 is 17.6 Å². The zero-order chi connectivity index (χ0) is 12.0. The molecular weight excluding hydrogens is 232 g/mol. The average molecular weight is 246 g/mol. The fourth-order valence-electron chi connectivity index (χ4n) is 2.15. The average Bonchev–Trinajstić information content (AvgIpc) is 2.99. The molecule has 0 radical (unpaired) electrons. The van der Waals surface area contributed by atoms with Crippen molar-refractivity contribution in [1.29, 1.82) is 0 Å². The van der Waals surface area contributed by atoms with Crippen molar-refractivity contribution in [2.45, 2.75) is 32.6 Å². The molecule has 0 spiro atoms.